The summed E-state index contributed by atoms with van der Waals surface area (Å²) in [4.78, 5) is 25.0. The van der Waals surface area contributed by atoms with Crippen molar-refractivity contribution in [3.05, 3.63) is 71.4 Å². The van der Waals surface area contributed by atoms with Gasteiger partial charge in [-0.3, -0.25) is 14.8 Å². The summed E-state index contributed by atoms with van der Waals surface area (Å²) in [5.41, 5.74) is 13.3. The average Bonchev–Trinajstić information content (AvgIpc) is 2.75. The van der Waals surface area contributed by atoms with Crippen molar-refractivity contribution < 1.29 is 13.6 Å². The van der Waals surface area contributed by atoms with Crippen LogP contribution in [0.2, 0.25) is 0 Å². The van der Waals surface area contributed by atoms with Crippen molar-refractivity contribution in [2.24, 2.45) is 5.73 Å². The third-order valence-electron chi connectivity index (χ3n) is 5.74. The molecular weight excluding hydrogens is 400 g/mol. The maximum atomic E-state index is 14.5. The minimum atomic E-state index is -0.808. The van der Waals surface area contributed by atoms with Gasteiger partial charge in [-0.15, -0.1) is 0 Å². The first-order valence-electron chi connectivity index (χ1n) is 10.2. The van der Waals surface area contributed by atoms with E-state index < -0.39 is 11.6 Å². The Hall–Kier alpha value is -3.26. The summed E-state index contributed by atoms with van der Waals surface area (Å²) in [5, 5.41) is 0. The fourth-order valence-corrected chi connectivity index (χ4v) is 4.23. The molecule has 0 bridgehead atoms. The highest BCUT2D eigenvalue weighted by Gasteiger charge is 2.25. The largest absolute Gasteiger partial charge is 0.397 e. The van der Waals surface area contributed by atoms with E-state index in [0.29, 0.717) is 0 Å². The minimum Gasteiger partial charge on any atom is -0.397 e. The summed E-state index contributed by atoms with van der Waals surface area (Å²) >= 11 is 0. The van der Waals surface area contributed by atoms with Gasteiger partial charge >= 0.3 is 0 Å². The van der Waals surface area contributed by atoms with Crippen molar-refractivity contribution in [2.75, 3.05) is 5.73 Å². The molecule has 0 saturated heterocycles. The Balaban J connectivity index is 1.66. The van der Waals surface area contributed by atoms with Crippen LogP contribution in [0.5, 0.6) is 0 Å². The van der Waals surface area contributed by atoms with E-state index in [9.17, 15) is 13.6 Å². The van der Waals surface area contributed by atoms with E-state index in [0.717, 1.165) is 49.1 Å². The zero-order chi connectivity index (χ0) is 22.0. The molecular formula is C23H23F2N5O. The van der Waals surface area contributed by atoms with Gasteiger partial charge in [0.1, 0.15) is 11.4 Å². The summed E-state index contributed by atoms with van der Waals surface area (Å²) < 4.78 is 28.6. The first kappa shape index (κ1) is 21.0. The van der Waals surface area contributed by atoms with E-state index in [4.69, 9.17) is 11.5 Å². The monoisotopic (exact) mass is 423 g/mol. The van der Waals surface area contributed by atoms with Gasteiger partial charge in [-0.25, -0.2) is 13.8 Å². The number of rotatable bonds is 5. The van der Waals surface area contributed by atoms with E-state index in [1.165, 1.54) is 12.3 Å². The Morgan fingerprint density at radius 3 is 2.65 bits per heavy atom. The number of nitrogen functional groups attached to an aromatic ring is 1. The first-order valence-corrected chi connectivity index (χ1v) is 10.2. The Kier molecular flexibility index (Phi) is 5.99. The maximum Gasteiger partial charge on any atom is 0.187 e. The van der Waals surface area contributed by atoms with Crippen LogP contribution in [0.3, 0.4) is 0 Å². The van der Waals surface area contributed by atoms with Gasteiger partial charge in [0.2, 0.25) is 0 Å². The van der Waals surface area contributed by atoms with Gasteiger partial charge in [0.25, 0.3) is 0 Å². The Morgan fingerprint density at radius 2 is 1.87 bits per heavy atom. The molecule has 1 aliphatic carbocycles. The Bertz CT molecular complexity index is 1120. The van der Waals surface area contributed by atoms with E-state index in [2.05, 4.69) is 15.0 Å². The number of pyridine rings is 3. The second-order valence-electron chi connectivity index (χ2n) is 7.91. The molecule has 0 aliphatic heterocycles. The predicted octanol–water partition coefficient (Wildman–Crippen LogP) is 3.81. The number of hydrogen-bond acceptors (Lipinski definition) is 6. The molecule has 4 N–H and O–H groups in total. The lowest BCUT2D eigenvalue weighted by Crippen LogP contribution is -2.27. The van der Waals surface area contributed by atoms with Gasteiger partial charge in [-0.2, -0.15) is 0 Å². The smallest absolute Gasteiger partial charge is 0.187 e. The lowest BCUT2D eigenvalue weighted by atomic mass is 9.80. The third-order valence-corrected chi connectivity index (χ3v) is 5.74. The number of aromatic nitrogens is 3. The molecule has 8 heteroatoms. The molecule has 0 aromatic carbocycles. The molecule has 0 radical (unpaired) electrons. The molecule has 4 rings (SSSR count). The van der Waals surface area contributed by atoms with Gasteiger partial charge in [0, 0.05) is 42.7 Å². The minimum absolute atomic E-state index is 0.00993. The molecule has 1 aliphatic rings. The van der Waals surface area contributed by atoms with E-state index >= 15 is 0 Å². The lowest BCUT2D eigenvalue weighted by Gasteiger charge is -2.28. The highest BCUT2D eigenvalue weighted by molar-refractivity contribution is 6.00. The van der Waals surface area contributed by atoms with E-state index in [-0.39, 0.29) is 46.8 Å². The van der Waals surface area contributed by atoms with Crippen LogP contribution < -0.4 is 11.5 Å². The molecule has 1 unspecified atom stereocenters. The van der Waals surface area contributed by atoms with Crippen molar-refractivity contribution >= 4 is 11.5 Å². The van der Waals surface area contributed by atoms with Gasteiger partial charge in [0.15, 0.2) is 17.4 Å². The topological polar surface area (TPSA) is 108 Å². The maximum absolute atomic E-state index is 14.5. The molecule has 1 fully saturated rings. The van der Waals surface area contributed by atoms with Crippen LogP contribution in [0.1, 0.15) is 53.2 Å². The third kappa shape index (κ3) is 4.44. The SMILES string of the molecule is Nc1cc(F)c(-c2ccncc2F)nc1C(=O)Cc1cnccc1C1CCC[C@H](N)C1. The predicted molar refractivity (Wildman–Crippen MR) is 113 cm³/mol. The highest BCUT2D eigenvalue weighted by Crippen LogP contribution is 2.34. The van der Waals surface area contributed by atoms with Crippen molar-refractivity contribution in [3.8, 4) is 11.3 Å². The van der Waals surface area contributed by atoms with Gasteiger partial charge in [-0.1, -0.05) is 6.42 Å². The van der Waals surface area contributed by atoms with Crippen LogP contribution in [0, 0.1) is 11.6 Å². The number of nitrogens with two attached hydrogens (primary N) is 2. The average molecular weight is 423 g/mol. The summed E-state index contributed by atoms with van der Waals surface area (Å²) in [6.45, 7) is 0. The molecule has 31 heavy (non-hydrogen) atoms. The molecule has 3 heterocycles. The number of carbonyl (C=O) groups is 1. The zero-order valence-corrected chi connectivity index (χ0v) is 16.9. The number of anilines is 1. The molecule has 3 aromatic rings. The molecule has 1 saturated carbocycles. The Morgan fingerprint density at radius 1 is 1.10 bits per heavy atom. The number of ketones is 1. The number of nitrogens with zero attached hydrogens (tertiary/aromatic N) is 3. The molecule has 0 amide bonds. The fourth-order valence-electron chi connectivity index (χ4n) is 4.23. The normalized spacial score (nSPS) is 18.7. The summed E-state index contributed by atoms with van der Waals surface area (Å²) in [6.07, 6.45) is 9.56. The lowest BCUT2D eigenvalue weighted by molar-refractivity contribution is 0.0988. The number of hydrogen-bond donors (Lipinski definition) is 2. The van der Waals surface area contributed by atoms with Gasteiger partial charge < -0.3 is 11.5 Å². The van der Waals surface area contributed by atoms with Gasteiger partial charge in [0.05, 0.1) is 11.9 Å². The van der Waals surface area contributed by atoms with Crippen LogP contribution >= 0.6 is 0 Å². The molecule has 2 atom stereocenters. The quantitative estimate of drug-likeness (QED) is 0.604. The second-order valence-corrected chi connectivity index (χ2v) is 7.91. The highest BCUT2D eigenvalue weighted by atomic mass is 19.1. The standard InChI is InChI=1S/C23H23F2N5O/c24-18-10-20(27)23(30-22(18)17-5-7-29-12-19(17)25)21(31)9-14-11-28-6-4-16(14)13-2-1-3-15(26)8-13/h4-7,10-13,15H,1-3,8-9,26-27H2/t13?,15-/m0/s1. The van der Waals surface area contributed by atoms with Crippen molar-refractivity contribution in [1.29, 1.82) is 0 Å². The van der Waals surface area contributed by atoms with Gasteiger partial charge in [-0.05, 0) is 48.4 Å². The summed E-state index contributed by atoms with van der Waals surface area (Å²) in [6, 6.07) is 4.36. The molecule has 160 valence electrons. The van der Waals surface area contributed by atoms with Crippen LogP contribution in [0.4, 0.5) is 14.5 Å². The number of carbonyl (C=O) groups excluding carboxylic acids is 1. The Labute approximate surface area is 178 Å². The summed E-state index contributed by atoms with van der Waals surface area (Å²) in [5.74, 6) is -1.67. The molecule has 0 spiro atoms. The number of Topliss-reactive ketones (excluding diaryl/α,β-unsaturated/α-hetero) is 1. The second kappa shape index (κ2) is 8.85. The van der Waals surface area contributed by atoms with Crippen LogP contribution in [-0.2, 0) is 6.42 Å². The van der Waals surface area contributed by atoms with Crippen LogP contribution in [0.15, 0.2) is 43.0 Å². The van der Waals surface area contributed by atoms with Crippen LogP contribution in [-0.4, -0.2) is 26.8 Å². The van der Waals surface area contributed by atoms with Crippen molar-refractivity contribution in [1.82, 2.24) is 15.0 Å². The van der Waals surface area contributed by atoms with Crippen molar-refractivity contribution in [3.63, 3.8) is 0 Å². The first-order chi connectivity index (χ1) is 14.9. The zero-order valence-electron chi connectivity index (χ0n) is 16.9. The van der Waals surface area contributed by atoms with E-state index in [1.807, 2.05) is 6.07 Å². The summed E-state index contributed by atoms with van der Waals surface area (Å²) in [7, 11) is 0. The van der Waals surface area contributed by atoms with Crippen molar-refractivity contribution in [2.45, 2.75) is 44.1 Å². The fraction of sp³-hybridized carbons (Fsp3) is 0.304. The van der Waals surface area contributed by atoms with E-state index in [1.54, 1.807) is 12.4 Å². The molecule has 6 nitrogen and oxygen atoms in total. The molecule has 3 aromatic heterocycles. The van der Waals surface area contributed by atoms with Crippen LogP contribution in [0.25, 0.3) is 11.3 Å². The number of halogens is 2.